The van der Waals surface area contributed by atoms with Gasteiger partial charge in [0.15, 0.2) is 11.5 Å². The number of benzene rings is 1. The van der Waals surface area contributed by atoms with Gasteiger partial charge in [0.05, 0.1) is 13.2 Å². The van der Waals surface area contributed by atoms with E-state index in [1.807, 2.05) is 6.07 Å². The molecule has 2 N–H and O–H groups in total. The summed E-state index contributed by atoms with van der Waals surface area (Å²) in [6, 6.07) is 1.87. The fourth-order valence-electron chi connectivity index (χ4n) is 2.74. The largest absolute Gasteiger partial charge is 0.489 e. The highest BCUT2D eigenvalue weighted by atomic mass is 35.5. The summed E-state index contributed by atoms with van der Waals surface area (Å²) in [5.74, 6) is 1.92. The summed E-state index contributed by atoms with van der Waals surface area (Å²) in [4.78, 5) is 0. The Morgan fingerprint density at radius 2 is 1.95 bits per heavy atom. The molecule has 1 saturated carbocycles. The third kappa shape index (κ3) is 2.19. The number of fused-ring (bicyclic) bond motifs is 1. The Morgan fingerprint density at radius 3 is 2.58 bits per heavy atom. The molecule has 0 saturated heterocycles. The molecule has 2 aliphatic rings. The lowest BCUT2D eigenvalue weighted by Gasteiger charge is -2.24. The van der Waals surface area contributed by atoms with Crippen LogP contribution >= 0.6 is 11.6 Å². The number of hydrogen-bond donors (Lipinski definition) is 1. The molecule has 3 rings (SSSR count). The maximum absolute atomic E-state index is 6.47. The molecule has 3 nitrogen and oxygen atoms in total. The van der Waals surface area contributed by atoms with Crippen LogP contribution in [0.1, 0.15) is 50.2 Å². The van der Waals surface area contributed by atoms with Gasteiger partial charge < -0.3 is 15.2 Å². The van der Waals surface area contributed by atoms with Gasteiger partial charge in [-0.25, -0.2) is 0 Å². The van der Waals surface area contributed by atoms with E-state index in [1.165, 1.54) is 0 Å². The lowest BCUT2D eigenvalue weighted by molar-refractivity contribution is 0.295. The molecule has 0 bridgehead atoms. The number of hydrogen-bond acceptors (Lipinski definition) is 3. The van der Waals surface area contributed by atoms with Crippen LogP contribution in [-0.4, -0.2) is 13.2 Å². The minimum absolute atomic E-state index is 0.263. The summed E-state index contributed by atoms with van der Waals surface area (Å²) < 4.78 is 11.7. The summed E-state index contributed by atoms with van der Waals surface area (Å²) in [7, 11) is 0. The van der Waals surface area contributed by atoms with E-state index >= 15 is 0 Å². The summed E-state index contributed by atoms with van der Waals surface area (Å²) in [6.07, 6.45) is 2.88. The maximum atomic E-state index is 6.47. The first kappa shape index (κ1) is 13.1. The predicted molar refractivity (Wildman–Crippen MR) is 76.2 cm³/mol. The first-order valence-corrected chi connectivity index (χ1v) is 7.32. The van der Waals surface area contributed by atoms with Gasteiger partial charge in [0.25, 0.3) is 0 Å². The van der Waals surface area contributed by atoms with E-state index in [4.69, 9.17) is 26.8 Å². The van der Waals surface area contributed by atoms with Crippen LogP contribution in [0, 0.1) is 0 Å². The second kappa shape index (κ2) is 4.57. The number of ether oxygens (including phenoxy) is 2. The van der Waals surface area contributed by atoms with E-state index in [1.54, 1.807) is 0 Å². The quantitative estimate of drug-likeness (QED) is 0.901. The van der Waals surface area contributed by atoms with Crippen LogP contribution in [0.3, 0.4) is 0 Å². The molecule has 19 heavy (non-hydrogen) atoms. The molecule has 0 amide bonds. The van der Waals surface area contributed by atoms with Crippen LogP contribution in [0.25, 0.3) is 0 Å². The highest BCUT2D eigenvalue weighted by Crippen LogP contribution is 2.53. The fourth-order valence-corrected chi connectivity index (χ4v) is 3.13. The Balaban J connectivity index is 2.22. The molecule has 1 fully saturated rings. The summed E-state index contributed by atoms with van der Waals surface area (Å²) in [5.41, 5.74) is 8.33. The first-order chi connectivity index (χ1) is 9.03. The Hall–Kier alpha value is -0.930. The number of rotatable bonds is 2. The van der Waals surface area contributed by atoms with Crippen LogP contribution in [0.15, 0.2) is 6.07 Å². The monoisotopic (exact) mass is 281 g/mol. The second-order valence-electron chi connectivity index (χ2n) is 5.84. The molecule has 1 heterocycles. The van der Waals surface area contributed by atoms with E-state index < -0.39 is 0 Å². The highest BCUT2D eigenvalue weighted by molar-refractivity contribution is 6.32. The van der Waals surface area contributed by atoms with E-state index in [0.717, 1.165) is 41.9 Å². The van der Waals surface area contributed by atoms with Crippen LogP contribution < -0.4 is 15.2 Å². The zero-order valence-electron chi connectivity index (χ0n) is 11.5. The van der Waals surface area contributed by atoms with Crippen molar-refractivity contribution in [1.29, 1.82) is 0 Å². The van der Waals surface area contributed by atoms with Crippen molar-refractivity contribution < 1.29 is 9.47 Å². The van der Waals surface area contributed by atoms with Crippen LogP contribution in [0.5, 0.6) is 11.5 Å². The molecule has 0 radical (unpaired) electrons. The Kier molecular flexibility index (Phi) is 3.14. The molecular weight excluding hydrogens is 262 g/mol. The lowest BCUT2D eigenvalue weighted by atomic mass is 9.90. The highest BCUT2D eigenvalue weighted by Gasteiger charge is 2.45. The van der Waals surface area contributed by atoms with E-state index in [0.29, 0.717) is 24.2 Å². The molecule has 4 heteroatoms. The number of halogens is 1. The zero-order valence-corrected chi connectivity index (χ0v) is 12.2. The Bertz CT molecular complexity index is 509. The summed E-state index contributed by atoms with van der Waals surface area (Å²) in [5, 5.41) is 0.716. The van der Waals surface area contributed by atoms with Crippen molar-refractivity contribution in [2.24, 2.45) is 5.73 Å². The van der Waals surface area contributed by atoms with Gasteiger partial charge >= 0.3 is 0 Å². The van der Waals surface area contributed by atoms with Gasteiger partial charge in [0, 0.05) is 28.6 Å². The van der Waals surface area contributed by atoms with E-state index in [-0.39, 0.29) is 5.54 Å². The van der Waals surface area contributed by atoms with E-state index in [2.05, 4.69) is 13.8 Å². The van der Waals surface area contributed by atoms with Gasteiger partial charge in [-0.2, -0.15) is 0 Å². The Morgan fingerprint density at radius 1 is 1.26 bits per heavy atom. The van der Waals surface area contributed by atoms with Gasteiger partial charge in [-0.05, 0) is 24.3 Å². The van der Waals surface area contributed by atoms with Gasteiger partial charge in [-0.3, -0.25) is 0 Å². The molecule has 1 aromatic rings. The van der Waals surface area contributed by atoms with Gasteiger partial charge in [-0.1, -0.05) is 25.4 Å². The van der Waals surface area contributed by atoms with Crippen molar-refractivity contribution in [3.8, 4) is 11.5 Å². The van der Waals surface area contributed by atoms with Crippen molar-refractivity contribution in [3.63, 3.8) is 0 Å². The van der Waals surface area contributed by atoms with Gasteiger partial charge in [0.1, 0.15) is 0 Å². The molecule has 1 aliphatic carbocycles. The van der Waals surface area contributed by atoms with Crippen molar-refractivity contribution in [1.82, 2.24) is 0 Å². The lowest BCUT2D eigenvalue weighted by Crippen LogP contribution is -2.22. The van der Waals surface area contributed by atoms with Crippen molar-refractivity contribution in [3.05, 3.63) is 22.2 Å². The second-order valence-corrected chi connectivity index (χ2v) is 6.24. The van der Waals surface area contributed by atoms with Crippen molar-refractivity contribution >= 4 is 11.6 Å². The third-order valence-electron chi connectivity index (χ3n) is 3.89. The third-order valence-corrected chi connectivity index (χ3v) is 4.19. The molecule has 0 atom stereocenters. The molecule has 1 aliphatic heterocycles. The van der Waals surface area contributed by atoms with Crippen LogP contribution in [-0.2, 0) is 5.54 Å². The SMILES string of the molecule is CC(C)c1c2c(cc(Cl)c1C1(N)CC1)OCCCO2. The molecule has 104 valence electrons. The average Bonchev–Trinajstić information content (AvgIpc) is 3.11. The zero-order chi connectivity index (χ0) is 13.6. The average molecular weight is 282 g/mol. The molecule has 0 unspecified atom stereocenters. The topological polar surface area (TPSA) is 44.5 Å². The van der Waals surface area contributed by atoms with Crippen LogP contribution in [0.2, 0.25) is 5.02 Å². The Labute approximate surface area is 119 Å². The summed E-state index contributed by atoms with van der Waals surface area (Å²) in [6.45, 7) is 5.66. The van der Waals surface area contributed by atoms with E-state index in [9.17, 15) is 0 Å². The predicted octanol–water partition coefficient (Wildman–Crippen LogP) is 3.57. The number of nitrogens with two attached hydrogens (primary N) is 1. The molecule has 1 aromatic carbocycles. The van der Waals surface area contributed by atoms with Gasteiger partial charge in [0.2, 0.25) is 0 Å². The summed E-state index contributed by atoms with van der Waals surface area (Å²) >= 11 is 6.47. The molecular formula is C15H20ClNO2. The molecule has 0 spiro atoms. The van der Waals surface area contributed by atoms with Crippen molar-refractivity contribution in [2.75, 3.05) is 13.2 Å². The fraction of sp³-hybridized carbons (Fsp3) is 0.600. The normalized spacial score (nSPS) is 20.3. The minimum Gasteiger partial charge on any atom is -0.489 e. The molecule has 0 aromatic heterocycles. The van der Waals surface area contributed by atoms with Crippen LogP contribution in [0.4, 0.5) is 0 Å². The maximum Gasteiger partial charge on any atom is 0.165 e. The first-order valence-electron chi connectivity index (χ1n) is 6.94. The smallest absolute Gasteiger partial charge is 0.165 e. The van der Waals surface area contributed by atoms with Crippen molar-refractivity contribution in [2.45, 2.75) is 44.6 Å². The van der Waals surface area contributed by atoms with Gasteiger partial charge in [-0.15, -0.1) is 0 Å². The standard InChI is InChI=1S/C15H20ClNO2/c1-9(2)12-13(15(17)4-5-15)10(16)8-11-14(12)19-7-3-6-18-11/h8-9H,3-7,17H2,1-2H3. The minimum atomic E-state index is -0.263.